The molecule has 0 unspecified atom stereocenters. The minimum Gasteiger partial charge on any atom is -0.481 e. The highest BCUT2D eigenvalue weighted by molar-refractivity contribution is 5.65. The summed E-state index contributed by atoms with van der Waals surface area (Å²) in [5, 5.41) is 7.42. The lowest BCUT2D eigenvalue weighted by Gasteiger charge is -1.82. The van der Waals surface area contributed by atoms with Gasteiger partial charge in [0.15, 0.2) is 0 Å². The number of carbonyl (C=O) groups is 2. The normalized spacial score (nSPS) is 6.65. The van der Waals surface area contributed by atoms with Gasteiger partial charge in [0.05, 0.1) is 7.11 Å². The fourth-order valence-corrected chi connectivity index (χ4v) is 1.84. The molecule has 0 bridgehead atoms. The number of carboxylic acids is 1. The van der Waals surface area contributed by atoms with Crippen molar-refractivity contribution in [3.05, 3.63) is 145 Å². The van der Waals surface area contributed by atoms with E-state index in [-0.39, 0.29) is 7.40 Å². The van der Waals surface area contributed by atoms with E-state index in [4.69, 9.17) is 9.90 Å². The molecular formula is C49H93O8+. The summed E-state index contributed by atoms with van der Waals surface area (Å²) in [6.45, 7) is 26.6. The highest BCUT2D eigenvalue weighted by Gasteiger charge is 1.76. The van der Waals surface area contributed by atoms with Gasteiger partial charge in [0.1, 0.15) is 0 Å². The summed E-state index contributed by atoms with van der Waals surface area (Å²) in [6, 6.07) is 44.5. The standard InChI is InChI=1S/2C7H8.2C6H6.C3H6O2.C2H4O2.4C2H6O.5C2H6/c2*1-7-5-3-2-4-6-7;2*1-2-4-6-5-3-1;1-3(4)5-2;1-2(3)4;4*1-3-2;5*1-2/h2*2-6H,1H3;2*1-6H;1-2H3;1H3,(H,3,4);4*1-2H3;5*1-2H3/p+1. The topological polar surface area (TPSA) is 101 Å². The van der Waals surface area contributed by atoms with Crippen LogP contribution in [0.25, 0.3) is 0 Å². The molecule has 0 aromatic heterocycles. The Bertz CT molecular complexity index is 893. The molecular weight excluding hydrogens is 717 g/mol. The first kappa shape index (κ1) is 81.0. The second-order valence-electron chi connectivity index (χ2n) is 8.47. The molecule has 0 aliphatic heterocycles. The van der Waals surface area contributed by atoms with E-state index in [2.05, 4.69) is 61.8 Å². The van der Waals surface area contributed by atoms with E-state index in [0.29, 0.717) is 0 Å². The Morgan fingerprint density at radius 2 is 0.456 bits per heavy atom. The number of carbonyl (C=O) groups excluding carboxylic acids is 1. The van der Waals surface area contributed by atoms with Crippen molar-refractivity contribution in [1.82, 2.24) is 0 Å². The van der Waals surface area contributed by atoms with Crippen molar-refractivity contribution in [2.75, 3.05) is 64.0 Å². The van der Waals surface area contributed by atoms with Crippen LogP contribution in [0.3, 0.4) is 0 Å². The summed E-state index contributed by atoms with van der Waals surface area (Å²) in [5.41, 5.74) is 2.64. The Hall–Kier alpha value is -4.34. The molecule has 8 heteroatoms. The van der Waals surface area contributed by atoms with Crippen LogP contribution in [-0.2, 0) is 33.3 Å². The molecule has 0 radical (unpaired) electrons. The zero-order valence-electron chi connectivity index (χ0n) is 42.0. The molecule has 0 atom stereocenters. The molecule has 4 aromatic carbocycles. The van der Waals surface area contributed by atoms with Gasteiger partial charge in [0.2, 0.25) is 0 Å². The summed E-state index contributed by atoms with van der Waals surface area (Å²) in [4.78, 5) is 18.6. The number of hydrogen-bond acceptors (Lipinski definition) is 7. The average molecular weight is 810 g/mol. The zero-order valence-corrected chi connectivity index (χ0v) is 41.0. The van der Waals surface area contributed by atoms with E-state index < -0.39 is 5.97 Å². The Balaban J connectivity index is -0.0000000401. The monoisotopic (exact) mass is 810 g/mol. The Labute approximate surface area is 356 Å². The number of aliphatic carboxylic acids is 1. The lowest BCUT2D eigenvalue weighted by Crippen LogP contribution is -1.88. The molecule has 0 saturated carbocycles. The second-order valence-corrected chi connectivity index (χ2v) is 8.47. The lowest BCUT2D eigenvalue weighted by atomic mass is 10.2. The maximum atomic E-state index is 9.59. The fraction of sp³-hybridized carbons (Fsp3) is 0.469. The van der Waals surface area contributed by atoms with Crippen LogP contribution < -0.4 is 0 Å². The summed E-state index contributed by atoms with van der Waals surface area (Å²) in [7, 11) is 14.3. The molecule has 0 aliphatic carbocycles. The van der Waals surface area contributed by atoms with Crippen LogP contribution in [0.2, 0.25) is 0 Å². The van der Waals surface area contributed by atoms with Crippen LogP contribution in [0.15, 0.2) is 133 Å². The van der Waals surface area contributed by atoms with Gasteiger partial charge < -0.3 is 28.8 Å². The van der Waals surface area contributed by atoms with Crippen molar-refractivity contribution < 1.29 is 39.8 Å². The number of methoxy groups -OCH3 is 5. The van der Waals surface area contributed by atoms with Crippen LogP contribution in [0.5, 0.6) is 0 Å². The molecule has 0 aliphatic rings. The molecule has 0 spiro atoms. The van der Waals surface area contributed by atoms with Crippen molar-refractivity contribution in [3.8, 4) is 0 Å². The number of carboxylic acid groups (broad SMARTS) is 1. The first-order valence-electron chi connectivity index (χ1n) is 19.3. The number of rotatable bonds is 0. The van der Waals surface area contributed by atoms with E-state index in [0.717, 1.165) is 6.92 Å². The van der Waals surface area contributed by atoms with E-state index in [1.807, 2.05) is 178 Å². The Morgan fingerprint density at radius 1 is 0.368 bits per heavy atom. The molecule has 336 valence electrons. The zero-order chi connectivity index (χ0) is 47.4. The van der Waals surface area contributed by atoms with Crippen molar-refractivity contribution in [3.63, 3.8) is 0 Å². The highest BCUT2D eigenvalue weighted by atomic mass is 16.5. The van der Waals surface area contributed by atoms with Gasteiger partial charge in [-0.05, 0) is 13.8 Å². The third-order valence-corrected chi connectivity index (χ3v) is 3.50. The van der Waals surface area contributed by atoms with E-state index in [1.54, 1.807) is 56.9 Å². The van der Waals surface area contributed by atoms with Gasteiger partial charge in [-0.15, -0.1) is 0 Å². The molecule has 4 rings (SSSR count). The maximum Gasteiger partial charge on any atom is 1.00 e. The van der Waals surface area contributed by atoms with Gasteiger partial charge in [0, 0.05) is 70.7 Å². The lowest BCUT2D eigenvalue weighted by molar-refractivity contribution is -0.138. The SMILES string of the molecule is CC.CC.CC.CC.CC.CC(=O)O.COC.COC.COC.COC.COC(C)=O.Cc1ccccc1.Cc1ccccc1.[H+].c1ccccc1.c1ccccc1. The van der Waals surface area contributed by atoms with E-state index in [9.17, 15) is 4.79 Å². The maximum absolute atomic E-state index is 9.59. The third-order valence-electron chi connectivity index (χ3n) is 3.50. The number of hydrogen-bond donors (Lipinski definition) is 1. The van der Waals surface area contributed by atoms with Crippen LogP contribution >= 0.6 is 0 Å². The van der Waals surface area contributed by atoms with Crippen LogP contribution in [0.1, 0.15) is 95.6 Å². The molecule has 57 heavy (non-hydrogen) atoms. The molecule has 0 amide bonds. The van der Waals surface area contributed by atoms with Gasteiger partial charge in [-0.3, -0.25) is 9.59 Å². The Kier molecular flexibility index (Phi) is 157. The molecule has 0 fully saturated rings. The van der Waals surface area contributed by atoms with Gasteiger partial charge in [-0.1, -0.05) is 214 Å². The second kappa shape index (κ2) is 110. The van der Waals surface area contributed by atoms with Crippen molar-refractivity contribution in [2.24, 2.45) is 0 Å². The van der Waals surface area contributed by atoms with Gasteiger partial charge in [-0.2, -0.15) is 0 Å². The fourth-order valence-electron chi connectivity index (χ4n) is 1.84. The summed E-state index contributed by atoms with van der Waals surface area (Å²) in [6.07, 6.45) is 0. The van der Waals surface area contributed by atoms with Crippen molar-refractivity contribution in [1.29, 1.82) is 0 Å². The van der Waals surface area contributed by atoms with E-state index in [1.165, 1.54) is 25.2 Å². The van der Waals surface area contributed by atoms with Crippen molar-refractivity contribution in [2.45, 2.75) is 96.9 Å². The van der Waals surface area contributed by atoms with E-state index >= 15 is 0 Å². The third kappa shape index (κ3) is 193. The number of aryl methyl sites for hydroxylation is 2. The van der Waals surface area contributed by atoms with Gasteiger partial charge >= 0.3 is 7.40 Å². The molecule has 8 nitrogen and oxygen atoms in total. The van der Waals surface area contributed by atoms with Crippen LogP contribution in [-0.4, -0.2) is 81.0 Å². The van der Waals surface area contributed by atoms with Crippen LogP contribution in [0, 0.1) is 13.8 Å². The number of esters is 1. The highest BCUT2D eigenvalue weighted by Crippen LogP contribution is 1.93. The number of benzene rings is 4. The predicted octanol–water partition coefficient (Wildman–Crippen LogP) is 13.9. The summed E-state index contributed by atoms with van der Waals surface area (Å²) in [5.74, 6) is -1.08. The minimum atomic E-state index is -0.833. The predicted molar refractivity (Wildman–Crippen MR) is 256 cm³/mol. The summed E-state index contributed by atoms with van der Waals surface area (Å²) < 4.78 is 21.1. The quantitative estimate of drug-likeness (QED) is 0.175. The van der Waals surface area contributed by atoms with Crippen molar-refractivity contribution >= 4 is 11.9 Å². The first-order valence-corrected chi connectivity index (χ1v) is 19.3. The van der Waals surface area contributed by atoms with Gasteiger partial charge in [-0.25, -0.2) is 0 Å². The Morgan fingerprint density at radius 3 is 0.509 bits per heavy atom. The largest absolute Gasteiger partial charge is 1.00 e. The van der Waals surface area contributed by atoms with Crippen LogP contribution in [0.4, 0.5) is 0 Å². The number of ether oxygens (including phenoxy) is 5. The summed E-state index contributed by atoms with van der Waals surface area (Å²) >= 11 is 0. The average Bonchev–Trinajstić information content (AvgIpc) is 3.25. The molecule has 4 aromatic rings. The van der Waals surface area contributed by atoms with Gasteiger partial charge in [0.25, 0.3) is 5.97 Å². The smallest absolute Gasteiger partial charge is 0.481 e. The first-order chi connectivity index (χ1) is 27.4. The molecule has 1 N–H and O–H groups in total. The minimum absolute atomic E-state index is 0. The molecule has 0 heterocycles. The molecule has 0 saturated heterocycles.